The highest BCUT2D eigenvalue weighted by Gasteiger charge is 2.33. The SMILES string of the molecule is COC(=O)c1nc(-c2ccc(C(F)(F)F)nc2F)c(F)cc1Cl. The summed E-state index contributed by atoms with van der Waals surface area (Å²) in [4.78, 5) is 17.7. The van der Waals surface area contributed by atoms with Crippen molar-refractivity contribution in [2.45, 2.75) is 6.18 Å². The van der Waals surface area contributed by atoms with Gasteiger partial charge in [-0.15, -0.1) is 0 Å². The van der Waals surface area contributed by atoms with Crippen LogP contribution >= 0.6 is 11.6 Å². The van der Waals surface area contributed by atoms with Gasteiger partial charge in [0.05, 0.1) is 17.7 Å². The fourth-order valence-corrected chi connectivity index (χ4v) is 1.88. The standard InChI is InChI=1S/C13H6ClF5N2O2/c1-23-12(22)10-6(14)4-7(15)9(21-10)5-2-3-8(13(17,18)19)20-11(5)16/h2-4H,1H3. The summed E-state index contributed by atoms with van der Waals surface area (Å²) in [5.74, 6) is -3.75. The van der Waals surface area contributed by atoms with Crippen molar-refractivity contribution >= 4 is 17.6 Å². The van der Waals surface area contributed by atoms with Crippen LogP contribution in [0, 0.1) is 11.8 Å². The summed E-state index contributed by atoms with van der Waals surface area (Å²) in [5, 5.41) is -0.390. The summed E-state index contributed by atoms with van der Waals surface area (Å²) in [5.41, 5.74) is -3.36. The number of ether oxygens (including phenoxy) is 1. The Morgan fingerprint density at radius 2 is 1.87 bits per heavy atom. The topological polar surface area (TPSA) is 52.1 Å². The quantitative estimate of drug-likeness (QED) is 0.467. The first-order chi connectivity index (χ1) is 10.6. The van der Waals surface area contributed by atoms with E-state index in [1.807, 2.05) is 0 Å². The lowest BCUT2D eigenvalue weighted by Gasteiger charge is -2.10. The van der Waals surface area contributed by atoms with Crippen molar-refractivity contribution in [2.75, 3.05) is 7.11 Å². The third kappa shape index (κ3) is 3.39. The molecule has 2 aromatic heterocycles. The number of halogens is 6. The van der Waals surface area contributed by atoms with Crippen molar-refractivity contribution in [3.8, 4) is 11.3 Å². The Labute approximate surface area is 130 Å². The summed E-state index contributed by atoms with van der Waals surface area (Å²) < 4.78 is 69.4. The van der Waals surface area contributed by atoms with E-state index in [2.05, 4.69) is 14.7 Å². The molecule has 0 radical (unpaired) electrons. The fraction of sp³-hybridized carbons (Fsp3) is 0.154. The van der Waals surface area contributed by atoms with Gasteiger partial charge in [0.1, 0.15) is 11.4 Å². The third-order valence-electron chi connectivity index (χ3n) is 2.70. The van der Waals surface area contributed by atoms with E-state index < -0.39 is 51.6 Å². The zero-order chi connectivity index (χ0) is 17.4. The van der Waals surface area contributed by atoms with Crippen molar-refractivity contribution in [1.82, 2.24) is 9.97 Å². The first kappa shape index (κ1) is 17.1. The molecule has 0 amide bonds. The summed E-state index contributed by atoms with van der Waals surface area (Å²) >= 11 is 5.63. The lowest BCUT2D eigenvalue weighted by molar-refractivity contribution is -0.141. The molecule has 0 saturated carbocycles. The maximum absolute atomic E-state index is 13.9. The number of carbonyl (C=O) groups excluding carboxylic acids is 1. The summed E-state index contributed by atoms with van der Waals surface area (Å²) in [7, 11) is 1.02. The van der Waals surface area contributed by atoms with Crippen LogP contribution in [0.15, 0.2) is 18.2 Å². The summed E-state index contributed by atoms with van der Waals surface area (Å²) in [6.07, 6.45) is -4.86. The number of alkyl halides is 3. The second kappa shape index (κ2) is 6.07. The van der Waals surface area contributed by atoms with Gasteiger partial charge in [0, 0.05) is 0 Å². The molecule has 4 nitrogen and oxygen atoms in total. The highest BCUT2D eigenvalue weighted by atomic mass is 35.5. The van der Waals surface area contributed by atoms with Gasteiger partial charge in [0.25, 0.3) is 0 Å². The molecule has 122 valence electrons. The number of rotatable bonds is 2. The number of aromatic nitrogens is 2. The van der Waals surface area contributed by atoms with E-state index in [4.69, 9.17) is 11.6 Å². The van der Waals surface area contributed by atoms with Crippen molar-refractivity contribution in [2.24, 2.45) is 0 Å². The molecule has 0 unspecified atom stereocenters. The second-order valence-electron chi connectivity index (χ2n) is 4.17. The minimum Gasteiger partial charge on any atom is -0.464 e. The van der Waals surface area contributed by atoms with Gasteiger partial charge in [0.15, 0.2) is 11.5 Å². The van der Waals surface area contributed by atoms with E-state index in [0.717, 1.165) is 7.11 Å². The number of esters is 1. The van der Waals surface area contributed by atoms with Gasteiger partial charge in [-0.1, -0.05) is 11.6 Å². The van der Waals surface area contributed by atoms with E-state index in [1.54, 1.807) is 0 Å². The summed E-state index contributed by atoms with van der Waals surface area (Å²) in [6, 6.07) is 1.80. The monoisotopic (exact) mass is 352 g/mol. The lowest BCUT2D eigenvalue weighted by atomic mass is 10.1. The molecule has 0 fully saturated rings. The Hall–Kier alpha value is -2.29. The number of carbonyl (C=O) groups is 1. The lowest BCUT2D eigenvalue weighted by Crippen LogP contribution is -2.11. The van der Waals surface area contributed by atoms with E-state index in [9.17, 15) is 26.7 Å². The molecule has 0 aliphatic heterocycles. The molecule has 2 aromatic rings. The van der Waals surface area contributed by atoms with Gasteiger partial charge in [-0.25, -0.2) is 19.2 Å². The van der Waals surface area contributed by atoms with Crippen LogP contribution in [0.25, 0.3) is 11.3 Å². The van der Waals surface area contributed by atoms with E-state index in [1.165, 1.54) is 0 Å². The minimum absolute atomic E-state index is 0.390. The first-order valence-corrected chi connectivity index (χ1v) is 6.21. The third-order valence-corrected chi connectivity index (χ3v) is 2.99. The Bertz CT molecular complexity index is 780. The Morgan fingerprint density at radius 3 is 2.39 bits per heavy atom. The smallest absolute Gasteiger partial charge is 0.433 e. The Morgan fingerprint density at radius 1 is 1.22 bits per heavy atom. The average Bonchev–Trinajstić information content (AvgIpc) is 2.46. The van der Waals surface area contributed by atoms with Crippen molar-refractivity contribution in [1.29, 1.82) is 0 Å². The molecule has 0 saturated heterocycles. The van der Waals surface area contributed by atoms with Crippen molar-refractivity contribution in [3.05, 3.63) is 46.4 Å². The van der Waals surface area contributed by atoms with Gasteiger partial charge in [-0.05, 0) is 18.2 Å². The largest absolute Gasteiger partial charge is 0.464 e. The Kier molecular flexibility index (Phi) is 4.51. The molecule has 0 spiro atoms. The Balaban J connectivity index is 2.61. The molecular weight excluding hydrogens is 347 g/mol. The van der Waals surface area contributed by atoms with Crippen LogP contribution in [0.4, 0.5) is 22.0 Å². The molecule has 10 heteroatoms. The van der Waals surface area contributed by atoms with E-state index in [0.29, 0.717) is 18.2 Å². The molecule has 0 aliphatic carbocycles. The van der Waals surface area contributed by atoms with Crippen molar-refractivity contribution in [3.63, 3.8) is 0 Å². The van der Waals surface area contributed by atoms with Crippen LogP contribution in [-0.2, 0) is 10.9 Å². The minimum atomic E-state index is -4.86. The van der Waals surface area contributed by atoms with Crippen molar-refractivity contribution < 1.29 is 31.5 Å². The maximum Gasteiger partial charge on any atom is 0.433 e. The molecule has 0 aromatic carbocycles. The van der Waals surface area contributed by atoms with E-state index in [-0.39, 0.29) is 0 Å². The molecule has 0 bridgehead atoms. The predicted octanol–water partition coefficient (Wildman–Crippen LogP) is 3.88. The van der Waals surface area contributed by atoms with Gasteiger partial charge in [0.2, 0.25) is 5.95 Å². The number of hydrogen-bond acceptors (Lipinski definition) is 4. The van der Waals surface area contributed by atoms with E-state index >= 15 is 0 Å². The van der Waals surface area contributed by atoms with Crippen LogP contribution in [0.3, 0.4) is 0 Å². The van der Waals surface area contributed by atoms with Crippen LogP contribution in [-0.4, -0.2) is 23.0 Å². The van der Waals surface area contributed by atoms with Crippen LogP contribution < -0.4 is 0 Å². The van der Waals surface area contributed by atoms with Gasteiger partial charge < -0.3 is 4.74 Å². The molecule has 2 heterocycles. The molecule has 0 atom stereocenters. The molecule has 23 heavy (non-hydrogen) atoms. The molecule has 2 rings (SSSR count). The van der Waals surface area contributed by atoms with Gasteiger partial charge in [-0.2, -0.15) is 17.6 Å². The number of hydrogen-bond donors (Lipinski definition) is 0. The molecule has 0 aliphatic rings. The second-order valence-corrected chi connectivity index (χ2v) is 4.58. The predicted molar refractivity (Wildman–Crippen MR) is 68.7 cm³/mol. The first-order valence-electron chi connectivity index (χ1n) is 5.83. The summed E-state index contributed by atoms with van der Waals surface area (Å²) in [6.45, 7) is 0. The molecule has 0 N–H and O–H groups in total. The van der Waals surface area contributed by atoms with Crippen LogP contribution in [0.5, 0.6) is 0 Å². The zero-order valence-electron chi connectivity index (χ0n) is 11.2. The number of nitrogens with zero attached hydrogens (tertiary/aromatic N) is 2. The fourth-order valence-electron chi connectivity index (χ4n) is 1.66. The number of pyridine rings is 2. The van der Waals surface area contributed by atoms with Gasteiger partial charge >= 0.3 is 12.1 Å². The highest BCUT2D eigenvalue weighted by molar-refractivity contribution is 6.33. The number of methoxy groups -OCH3 is 1. The normalized spacial score (nSPS) is 11.4. The highest BCUT2D eigenvalue weighted by Crippen LogP contribution is 2.31. The molecular formula is C13H6ClF5N2O2. The van der Waals surface area contributed by atoms with Crippen LogP contribution in [0.1, 0.15) is 16.2 Å². The maximum atomic E-state index is 13.9. The van der Waals surface area contributed by atoms with Gasteiger partial charge in [-0.3, -0.25) is 0 Å². The average molecular weight is 353 g/mol. The van der Waals surface area contributed by atoms with Crippen LogP contribution in [0.2, 0.25) is 5.02 Å². The zero-order valence-corrected chi connectivity index (χ0v) is 12.0.